The van der Waals surface area contributed by atoms with E-state index in [9.17, 15) is 9.59 Å². The number of hydrogen-bond donors (Lipinski definition) is 2. The first-order chi connectivity index (χ1) is 13.1. The molecule has 1 aromatic carbocycles. The largest absolute Gasteiger partial charge is 0.494 e. The molecule has 136 valence electrons. The number of nitrogens with one attached hydrogen (secondary N) is 2. The van der Waals surface area contributed by atoms with Gasteiger partial charge in [-0.15, -0.1) is 6.42 Å². The van der Waals surface area contributed by atoms with E-state index in [1.807, 2.05) is 18.2 Å². The molecule has 0 bridgehead atoms. The highest BCUT2D eigenvalue weighted by Crippen LogP contribution is 2.30. The van der Waals surface area contributed by atoms with Crippen molar-refractivity contribution in [3.8, 4) is 18.1 Å². The molecule has 2 N–H and O–H groups in total. The van der Waals surface area contributed by atoms with Crippen LogP contribution in [0.3, 0.4) is 0 Å². The van der Waals surface area contributed by atoms with Crippen molar-refractivity contribution in [3.05, 3.63) is 64.7 Å². The van der Waals surface area contributed by atoms with Gasteiger partial charge in [0.25, 0.3) is 5.56 Å². The van der Waals surface area contributed by atoms with Gasteiger partial charge in [0.15, 0.2) is 0 Å². The predicted molar refractivity (Wildman–Crippen MR) is 104 cm³/mol. The smallest absolute Gasteiger partial charge is 0.320 e. The molecule has 0 spiro atoms. The molecule has 0 fully saturated rings. The van der Waals surface area contributed by atoms with Crippen LogP contribution in [0.1, 0.15) is 5.69 Å². The number of hydrogen-bond acceptors (Lipinski definition) is 4. The third-order valence-electron chi connectivity index (χ3n) is 3.96. The van der Waals surface area contributed by atoms with Gasteiger partial charge in [0, 0.05) is 23.7 Å². The molecular weight excluding hydrogens is 344 g/mol. The van der Waals surface area contributed by atoms with Crippen LogP contribution in [0.2, 0.25) is 0 Å². The highest BCUT2D eigenvalue weighted by atomic mass is 16.5. The standard InChI is InChI=1S/C20H18N4O3/c1-3-9-22-20(26)23-16-11-14-7-8-19(25)24(17(14)12-18(16)27-2)13-15-6-4-5-10-21-15/h1,4-8,10-12H,9,13H2,2H3,(H2,22,23,26). The van der Waals surface area contributed by atoms with E-state index in [2.05, 4.69) is 21.5 Å². The van der Waals surface area contributed by atoms with Crippen molar-refractivity contribution in [2.75, 3.05) is 19.0 Å². The Morgan fingerprint density at radius 1 is 1.30 bits per heavy atom. The number of anilines is 1. The first-order valence-electron chi connectivity index (χ1n) is 8.22. The summed E-state index contributed by atoms with van der Waals surface area (Å²) in [6, 6.07) is 11.8. The van der Waals surface area contributed by atoms with Crippen LogP contribution in [0.15, 0.2) is 53.5 Å². The number of nitrogens with zero attached hydrogens (tertiary/aromatic N) is 2. The van der Waals surface area contributed by atoms with Gasteiger partial charge in [-0.25, -0.2) is 4.79 Å². The molecule has 2 amide bonds. The van der Waals surface area contributed by atoms with Gasteiger partial charge in [-0.1, -0.05) is 12.0 Å². The molecule has 0 radical (unpaired) electrons. The number of rotatable bonds is 5. The Bertz CT molecular complexity index is 1070. The van der Waals surface area contributed by atoms with Crippen molar-refractivity contribution in [3.63, 3.8) is 0 Å². The fourth-order valence-corrected chi connectivity index (χ4v) is 2.70. The lowest BCUT2D eigenvalue weighted by molar-refractivity contribution is 0.253. The molecule has 0 atom stereocenters. The van der Waals surface area contributed by atoms with Gasteiger partial charge >= 0.3 is 6.03 Å². The molecule has 7 heteroatoms. The normalized spacial score (nSPS) is 10.2. The lowest BCUT2D eigenvalue weighted by atomic mass is 10.1. The molecule has 0 unspecified atom stereocenters. The average Bonchev–Trinajstić information content (AvgIpc) is 2.69. The first kappa shape index (κ1) is 18.0. The van der Waals surface area contributed by atoms with Gasteiger partial charge in [0.2, 0.25) is 0 Å². The van der Waals surface area contributed by atoms with Crippen LogP contribution in [0.4, 0.5) is 10.5 Å². The zero-order valence-electron chi connectivity index (χ0n) is 14.7. The minimum Gasteiger partial charge on any atom is -0.494 e. The minimum atomic E-state index is -0.438. The molecule has 3 aromatic rings. The second-order valence-electron chi connectivity index (χ2n) is 5.70. The van der Waals surface area contributed by atoms with Gasteiger partial charge < -0.3 is 19.9 Å². The second kappa shape index (κ2) is 8.06. The number of urea groups is 1. The number of terminal acetylenes is 1. The fourth-order valence-electron chi connectivity index (χ4n) is 2.70. The molecule has 0 aliphatic rings. The van der Waals surface area contributed by atoms with Gasteiger partial charge in [-0.2, -0.15) is 0 Å². The van der Waals surface area contributed by atoms with Gasteiger partial charge in [-0.3, -0.25) is 9.78 Å². The van der Waals surface area contributed by atoms with Crippen LogP contribution in [0.5, 0.6) is 5.75 Å². The number of methoxy groups -OCH3 is 1. The van der Waals surface area contributed by atoms with Crippen molar-refractivity contribution in [1.29, 1.82) is 0 Å². The quantitative estimate of drug-likeness (QED) is 0.682. The molecule has 3 rings (SSSR count). The third kappa shape index (κ3) is 4.07. The predicted octanol–water partition coefficient (Wildman–Crippen LogP) is 2.21. The van der Waals surface area contributed by atoms with Crippen LogP contribution in [-0.2, 0) is 6.54 Å². The topological polar surface area (TPSA) is 85.3 Å². The number of benzene rings is 1. The Morgan fingerprint density at radius 2 is 2.15 bits per heavy atom. The zero-order valence-corrected chi connectivity index (χ0v) is 14.7. The lowest BCUT2D eigenvalue weighted by Crippen LogP contribution is -2.29. The molecule has 0 aliphatic carbocycles. The molecule has 0 saturated heterocycles. The lowest BCUT2D eigenvalue weighted by Gasteiger charge is -2.15. The second-order valence-corrected chi connectivity index (χ2v) is 5.70. The van der Waals surface area contributed by atoms with E-state index in [-0.39, 0.29) is 12.1 Å². The Labute approximate surface area is 156 Å². The number of ether oxygens (including phenoxy) is 1. The van der Waals surface area contributed by atoms with Crippen LogP contribution in [0, 0.1) is 12.3 Å². The summed E-state index contributed by atoms with van der Waals surface area (Å²) in [4.78, 5) is 28.6. The average molecular weight is 362 g/mol. The highest BCUT2D eigenvalue weighted by Gasteiger charge is 2.12. The van der Waals surface area contributed by atoms with E-state index < -0.39 is 6.03 Å². The molecule has 0 aliphatic heterocycles. The van der Waals surface area contributed by atoms with Gasteiger partial charge in [0.1, 0.15) is 5.75 Å². The van der Waals surface area contributed by atoms with Crippen molar-refractivity contribution >= 4 is 22.6 Å². The number of carbonyl (C=O) groups is 1. The van der Waals surface area contributed by atoms with Crippen LogP contribution < -0.4 is 20.9 Å². The summed E-state index contributed by atoms with van der Waals surface area (Å²) in [6.07, 6.45) is 6.82. The third-order valence-corrected chi connectivity index (χ3v) is 3.96. The summed E-state index contributed by atoms with van der Waals surface area (Å²) in [5.41, 5.74) is 1.77. The van der Waals surface area contributed by atoms with E-state index in [4.69, 9.17) is 11.2 Å². The maximum atomic E-state index is 12.4. The monoisotopic (exact) mass is 362 g/mol. The molecule has 7 nitrogen and oxygen atoms in total. The van der Waals surface area contributed by atoms with Crippen molar-refractivity contribution in [2.45, 2.75) is 6.54 Å². The van der Waals surface area contributed by atoms with Crippen LogP contribution >= 0.6 is 0 Å². The Kier molecular flexibility index (Phi) is 5.38. The number of carbonyl (C=O) groups excluding carboxylic acids is 1. The molecule has 2 heterocycles. The highest BCUT2D eigenvalue weighted by molar-refractivity contribution is 5.95. The van der Waals surface area contributed by atoms with E-state index in [1.165, 1.54) is 13.2 Å². The zero-order chi connectivity index (χ0) is 19.2. The maximum absolute atomic E-state index is 12.4. The SMILES string of the molecule is C#CCNC(=O)Nc1cc2ccc(=O)n(Cc3ccccn3)c2cc1OC. The van der Waals surface area contributed by atoms with Crippen molar-refractivity contribution in [2.24, 2.45) is 0 Å². The van der Waals surface area contributed by atoms with Crippen LogP contribution in [0.25, 0.3) is 10.9 Å². The minimum absolute atomic E-state index is 0.116. The Hall–Kier alpha value is -3.79. The van der Waals surface area contributed by atoms with Gasteiger partial charge in [-0.05, 0) is 24.3 Å². The molecule has 27 heavy (non-hydrogen) atoms. The van der Waals surface area contributed by atoms with Gasteiger partial charge in [0.05, 0.1) is 37.1 Å². The number of amides is 2. The van der Waals surface area contributed by atoms with Crippen molar-refractivity contribution in [1.82, 2.24) is 14.9 Å². The summed E-state index contributed by atoms with van der Waals surface area (Å²) in [5.74, 6) is 2.76. The molecular formula is C20H18N4O3. The fraction of sp³-hybridized carbons (Fsp3) is 0.150. The first-order valence-corrected chi connectivity index (χ1v) is 8.22. The Morgan fingerprint density at radius 3 is 2.85 bits per heavy atom. The number of fused-ring (bicyclic) bond motifs is 1. The summed E-state index contributed by atoms with van der Waals surface area (Å²) >= 11 is 0. The summed E-state index contributed by atoms with van der Waals surface area (Å²) in [5, 5.41) is 6.01. The summed E-state index contributed by atoms with van der Waals surface area (Å²) in [6.45, 7) is 0.445. The summed E-state index contributed by atoms with van der Waals surface area (Å²) < 4.78 is 7.00. The Balaban J connectivity index is 2.03. The molecule has 2 aromatic heterocycles. The number of pyridine rings is 2. The van der Waals surface area contributed by atoms with E-state index in [0.29, 0.717) is 23.5 Å². The summed E-state index contributed by atoms with van der Waals surface area (Å²) in [7, 11) is 1.50. The van der Waals surface area contributed by atoms with E-state index in [1.54, 1.807) is 29.0 Å². The maximum Gasteiger partial charge on any atom is 0.320 e. The van der Waals surface area contributed by atoms with E-state index in [0.717, 1.165) is 11.1 Å². The molecule has 0 saturated carbocycles. The number of aromatic nitrogens is 2. The van der Waals surface area contributed by atoms with Crippen LogP contribution in [-0.4, -0.2) is 29.2 Å². The van der Waals surface area contributed by atoms with Crippen molar-refractivity contribution < 1.29 is 9.53 Å². The van der Waals surface area contributed by atoms with E-state index >= 15 is 0 Å².